The van der Waals surface area contributed by atoms with Crippen LogP contribution in [0.3, 0.4) is 0 Å². The van der Waals surface area contributed by atoms with Crippen LogP contribution in [-0.4, -0.2) is 5.91 Å². The molecule has 1 amide bonds. The Balaban J connectivity index is 2.22. The Kier molecular flexibility index (Phi) is 5.83. The van der Waals surface area contributed by atoms with Crippen molar-refractivity contribution in [3.63, 3.8) is 0 Å². The van der Waals surface area contributed by atoms with Crippen molar-refractivity contribution in [1.82, 2.24) is 5.32 Å². The molecule has 0 saturated heterocycles. The van der Waals surface area contributed by atoms with E-state index in [1.165, 1.54) is 19.3 Å². The second-order valence-electron chi connectivity index (χ2n) is 4.04. The Bertz CT molecular complexity index is 237. The molecule has 84 valence electrons. The third-order valence-corrected chi connectivity index (χ3v) is 2.78. The van der Waals surface area contributed by atoms with E-state index in [4.69, 9.17) is 0 Å². The number of nitrogens with one attached hydrogen (secondary N) is 1. The number of amides is 1. The fraction of sp³-hybridized carbons (Fsp3) is 0.615. The van der Waals surface area contributed by atoms with E-state index >= 15 is 0 Å². The van der Waals surface area contributed by atoms with E-state index in [1.54, 1.807) is 6.20 Å². The SMILES string of the molecule is CCC=CC=CNC(=O)C1CCCCC1. The smallest absolute Gasteiger partial charge is 0.227 e. The van der Waals surface area contributed by atoms with Gasteiger partial charge in [-0.15, -0.1) is 0 Å². The predicted octanol–water partition coefficient (Wildman–Crippen LogP) is 3.16. The van der Waals surface area contributed by atoms with E-state index in [1.807, 2.05) is 12.2 Å². The highest BCUT2D eigenvalue weighted by molar-refractivity contribution is 5.79. The minimum Gasteiger partial charge on any atom is -0.332 e. The van der Waals surface area contributed by atoms with Gasteiger partial charge in [-0.25, -0.2) is 0 Å². The summed E-state index contributed by atoms with van der Waals surface area (Å²) in [6.45, 7) is 2.09. The fourth-order valence-corrected chi connectivity index (χ4v) is 1.88. The van der Waals surface area contributed by atoms with Gasteiger partial charge in [0.15, 0.2) is 0 Å². The van der Waals surface area contributed by atoms with Gasteiger partial charge < -0.3 is 5.32 Å². The van der Waals surface area contributed by atoms with E-state index in [2.05, 4.69) is 18.3 Å². The zero-order chi connectivity index (χ0) is 10.9. The Morgan fingerprint density at radius 2 is 2.00 bits per heavy atom. The maximum atomic E-state index is 11.6. The molecule has 1 aliphatic rings. The summed E-state index contributed by atoms with van der Waals surface area (Å²) in [6.07, 6.45) is 14.5. The van der Waals surface area contributed by atoms with Crippen LogP contribution in [0, 0.1) is 5.92 Å². The molecule has 0 atom stereocenters. The zero-order valence-electron chi connectivity index (χ0n) is 9.54. The van der Waals surface area contributed by atoms with Crippen molar-refractivity contribution < 1.29 is 4.79 Å². The summed E-state index contributed by atoms with van der Waals surface area (Å²) in [5, 5.41) is 2.84. The van der Waals surface area contributed by atoms with Crippen LogP contribution in [0.5, 0.6) is 0 Å². The zero-order valence-corrected chi connectivity index (χ0v) is 9.54. The minimum absolute atomic E-state index is 0.191. The van der Waals surface area contributed by atoms with Gasteiger partial charge in [0.1, 0.15) is 0 Å². The van der Waals surface area contributed by atoms with E-state index in [0.29, 0.717) is 0 Å². The molecular weight excluding hydrogens is 186 g/mol. The molecule has 1 fully saturated rings. The normalized spacial score (nSPS) is 18.7. The largest absolute Gasteiger partial charge is 0.332 e. The van der Waals surface area contributed by atoms with Gasteiger partial charge in [0.25, 0.3) is 0 Å². The van der Waals surface area contributed by atoms with Crippen molar-refractivity contribution in [2.75, 3.05) is 0 Å². The molecular formula is C13H21NO. The van der Waals surface area contributed by atoms with E-state index in [0.717, 1.165) is 19.3 Å². The first kappa shape index (κ1) is 12.0. The molecule has 0 aromatic rings. The van der Waals surface area contributed by atoms with Gasteiger partial charge >= 0.3 is 0 Å². The molecule has 0 aromatic heterocycles. The van der Waals surface area contributed by atoms with Gasteiger partial charge in [-0.05, 0) is 25.3 Å². The number of carbonyl (C=O) groups is 1. The van der Waals surface area contributed by atoms with Gasteiger partial charge in [0.2, 0.25) is 5.91 Å². The highest BCUT2D eigenvalue weighted by Gasteiger charge is 2.19. The maximum absolute atomic E-state index is 11.6. The summed E-state index contributed by atoms with van der Waals surface area (Å²) in [6, 6.07) is 0. The monoisotopic (exact) mass is 207 g/mol. The van der Waals surface area contributed by atoms with Crippen molar-refractivity contribution in [2.45, 2.75) is 45.4 Å². The average Bonchev–Trinajstić information content (AvgIpc) is 2.30. The van der Waals surface area contributed by atoms with Crippen LogP contribution in [0.2, 0.25) is 0 Å². The van der Waals surface area contributed by atoms with E-state index in [-0.39, 0.29) is 11.8 Å². The fourth-order valence-electron chi connectivity index (χ4n) is 1.88. The Morgan fingerprint density at radius 3 is 2.67 bits per heavy atom. The molecule has 15 heavy (non-hydrogen) atoms. The lowest BCUT2D eigenvalue weighted by atomic mass is 9.89. The summed E-state index contributed by atoms with van der Waals surface area (Å²) in [5.41, 5.74) is 0. The number of hydrogen-bond acceptors (Lipinski definition) is 1. The first-order chi connectivity index (χ1) is 7.34. The van der Waals surface area contributed by atoms with Crippen molar-refractivity contribution in [1.29, 1.82) is 0 Å². The quantitative estimate of drug-likeness (QED) is 0.705. The predicted molar refractivity (Wildman–Crippen MR) is 63.3 cm³/mol. The van der Waals surface area contributed by atoms with Crippen LogP contribution < -0.4 is 5.32 Å². The molecule has 1 saturated carbocycles. The van der Waals surface area contributed by atoms with Gasteiger partial charge in [0.05, 0.1) is 0 Å². The molecule has 0 aliphatic heterocycles. The highest BCUT2D eigenvalue weighted by atomic mass is 16.1. The van der Waals surface area contributed by atoms with Crippen LogP contribution in [-0.2, 0) is 4.79 Å². The van der Waals surface area contributed by atoms with Crippen LogP contribution in [0.4, 0.5) is 0 Å². The van der Waals surface area contributed by atoms with Crippen molar-refractivity contribution in [3.05, 3.63) is 24.4 Å². The van der Waals surface area contributed by atoms with Gasteiger partial charge in [0, 0.05) is 12.1 Å². The number of carbonyl (C=O) groups excluding carboxylic acids is 1. The lowest BCUT2D eigenvalue weighted by Crippen LogP contribution is -2.28. The highest BCUT2D eigenvalue weighted by Crippen LogP contribution is 2.23. The molecule has 1 aliphatic carbocycles. The van der Waals surface area contributed by atoms with E-state index < -0.39 is 0 Å². The summed E-state index contributed by atoms with van der Waals surface area (Å²) in [5.74, 6) is 0.439. The van der Waals surface area contributed by atoms with E-state index in [9.17, 15) is 4.79 Å². The summed E-state index contributed by atoms with van der Waals surface area (Å²) in [4.78, 5) is 11.6. The lowest BCUT2D eigenvalue weighted by Gasteiger charge is -2.19. The number of rotatable bonds is 4. The average molecular weight is 207 g/mol. The molecule has 0 heterocycles. The third kappa shape index (κ3) is 4.82. The molecule has 1 rings (SSSR count). The van der Waals surface area contributed by atoms with Gasteiger partial charge in [-0.3, -0.25) is 4.79 Å². The third-order valence-electron chi connectivity index (χ3n) is 2.78. The minimum atomic E-state index is 0.191. The molecule has 0 unspecified atom stereocenters. The molecule has 0 bridgehead atoms. The first-order valence-corrected chi connectivity index (χ1v) is 5.96. The lowest BCUT2D eigenvalue weighted by molar-refractivity contribution is -0.124. The van der Waals surface area contributed by atoms with Gasteiger partial charge in [-0.1, -0.05) is 38.3 Å². The van der Waals surface area contributed by atoms with Crippen LogP contribution in [0.25, 0.3) is 0 Å². The summed E-state index contributed by atoms with van der Waals surface area (Å²) < 4.78 is 0. The second kappa shape index (κ2) is 7.27. The first-order valence-electron chi connectivity index (χ1n) is 5.96. The Hall–Kier alpha value is -1.05. The number of allylic oxidation sites excluding steroid dienone is 3. The summed E-state index contributed by atoms with van der Waals surface area (Å²) >= 11 is 0. The molecule has 0 spiro atoms. The maximum Gasteiger partial charge on any atom is 0.227 e. The van der Waals surface area contributed by atoms with Crippen molar-refractivity contribution >= 4 is 5.91 Å². The molecule has 0 radical (unpaired) electrons. The van der Waals surface area contributed by atoms with Crippen molar-refractivity contribution in [3.8, 4) is 0 Å². The standard InChI is InChI=1S/C13H21NO/c1-2-3-4-8-11-14-13(15)12-9-6-5-7-10-12/h3-4,8,11-12H,2,5-7,9-10H2,1H3,(H,14,15). The van der Waals surface area contributed by atoms with Crippen LogP contribution >= 0.6 is 0 Å². The topological polar surface area (TPSA) is 29.1 Å². The van der Waals surface area contributed by atoms with Crippen LogP contribution in [0.15, 0.2) is 24.4 Å². The summed E-state index contributed by atoms with van der Waals surface area (Å²) in [7, 11) is 0. The Labute approximate surface area is 92.4 Å². The van der Waals surface area contributed by atoms with Crippen molar-refractivity contribution in [2.24, 2.45) is 5.92 Å². The molecule has 0 aromatic carbocycles. The molecule has 1 N–H and O–H groups in total. The molecule has 2 nitrogen and oxygen atoms in total. The van der Waals surface area contributed by atoms with Crippen LogP contribution in [0.1, 0.15) is 45.4 Å². The molecule has 2 heteroatoms. The van der Waals surface area contributed by atoms with Gasteiger partial charge in [-0.2, -0.15) is 0 Å². The second-order valence-corrected chi connectivity index (χ2v) is 4.04. The number of hydrogen-bond donors (Lipinski definition) is 1. The Morgan fingerprint density at radius 1 is 1.27 bits per heavy atom.